The van der Waals surface area contributed by atoms with Crippen molar-refractivity contribution in [2.24, 2.45) is 22.2 Å². The van der Waals surface area contributed by atoms with E-state index in [0.717, 1.165) is 0 Å². The van der Waals surface area contributed by atoms with Crippen LogP contribution >= 0.6 is 0 Å². The van der Waals surface area contributed by atoms with Crippen molar-refractivity contribution >= 4 is 41.6 Å². The summed E-state index contributed by atoms with van der Waals surface area (Å²) in [6.45, 7) is 0.280. The largest absolute Gasteiger partial charge is 0.481 e. The van der Waals surface area contributed by atoms with Crippen molar-refractivity contribution in [2.75, 3.05) is 13.1 Å². The zero-order valence-electron chi connectivity index (χ0n) is 19.6. The van der Waals surface area contributed by atoms with Crippen LogP contribution in [0.4, 0.5) is 0 Å². The maximum absolute atomic E-state index is 12.9. The molecule has 0 aromatic carbocycles. The number of nitrogens with two attached hydrogens (primary N) is 3. The van der Waals surface area contributed by atoms with Gasteiger partial charge in [0.15, 0.2) is 5.96 Å². The number of guanidine groups is 1. The molecule has 16 nitrogen and oxygen atoms in total. The normalized spacial score (nSPS) is 17.4. The number of carbonyl (C=O) groups is 6. The number of aliphatic imine (C=N–C) groups is 1. The first-order valence-corrected chi connectivity index (χ1v) is 11.2. The SMILES string of the molecule is NC(N)=NCCCC(NC(=O)C(CC(=O)O)NC(=O)C1CCCN1C(=O)C(N)CCC(=O)O)C(=O)O. The zero-order chi connectivity index (χ0) is 27.4. The summed E-state index contributed by atoms with van der Waals surface area (Å²) in [5.41, 5.74) is 16.2. The Morgan fingerprint density at radius 1 is 0.972 bits per heavy atom. The minimum Gasteiger partial charge on any atom is -0.481 e. The Kier molecular flexibility index (Phi) is 12.1. The second kappa shape index (κ2) is 14.4. The predicted octanol–water partition coefficient (Wildman–Crippen LogP) is -3.25. The molecular weight excluding hydrogens is 482 g/mol. The van der Waals surface area contributed by atoms with Crippen LogP contribution in [0.25, 0.3) is 0 Å². The van der Waals surface area contributed by atoms with Crippen LogP contribution in [0.5, 0.6) is 0 Å². The van der Waals surface area contributed by atoms with Crippen LogP contribution in [-0.4, -0.2) is 99.1 Å². The molecule has 0 saturated carbocycles. The van der Waals surface area contributed by atoms with Gasteiger partial charge in [-0.25, -0.2) is 4.79 Å². The minimum absolute atomic E-state index is 0.0648. The van der Waals surface area contributed by atoms with Crippen molar-refractivity contribution in [1.82, 2.24) is 15.5 Å². The minimum atomic E-state index is -1.62. The Morgan fingerprint density at radius 3 is 2.19 bits per heavy atom. The molecule has 0 spiro atoms. The topological polar surface area (TPSA) is 281 Å². The molecule has 1 heterocycles. The Balaban J connectivity index is 2.87. The van der Waals surface area contributed by atoms with Crippen molar-refractivity contribution < 1.29 is 44.1 Å². The van der Waals surface area contributed by atoms with Gasteiger partial charge in [0.25, 0.3) is 0 Å². The van der Waals surface area contributed by atoms with Gasteiger partial charge in [-0.2, -0.15) is 0 Å². The van der Waals surface area contributed by atoms with E-state index >= 15 is 0 Å². The molecule has 16 heteroatoms. The average molecular weight is 516 g/mol. The molecule has 1 fully saturated rings. The molecule has 0 bridgehead atoms. The standard InChI is InChI=1S/C20H33N7O9/c21-10(5-6-14(28)29)18(34)27-8-2-4-13(27)17(33)26-12(9-15(30)31)16(32)25-11(19(35)36)3-1-7-24-20(22)23/h10-13H,1-9,21H2,(H,25,32)(H,26,33)(H,28,29)(H,30,31)(H,35,36)(H4,22,23,24). The fourth-order valence-corrected chi connectivity index (χ4v) is 3.60. The van der Waals surface area contributed by atoms with E-state index in [0.29, 0.717) is 6.42 Å². The molecule has 0 aromatic heterocycles. The van der Waals surface area contributed by atoms with E-state index in [1.165, 1.54) is 4.90 Å². The number of carboxylic acids is 3. The van der Waals surface area contributed by atoms with Gasteiger partial charge < -0.3 is 48.1 Å². The zero-order valence-corrected chi connectivity index (χ0v) is 19.6. The highest BCUT2D eigenvalue weighted by molar-refractivity contribution is 5.95. The molecule has 1 rings (SSSR count). The summed E-state index contributed by atoms with van der Waals surface area (Å²) in [6, 6.07) is -5.21. The van der Waals surface area contributed by atoms with Gasteiger partial charge >= 0.3 is 17.9 Å². The molecule has 202 valence electrons. The molecule has 1 aliphatic rings. The van der Waals surface area contributed by atoms with E-state index in [9.17, 15) is 39.0 Å². The van der Waals surface area contributed by atoms with E-state index in [2.05, 4.69) is 15.6 Å². The van der Waals surface area contributed by atoms with Crippen LogP contribution in [0.1, 0.15) is 44.9 Å². The maximum Gasteiger partial charge on any atom is 0.326 e. The Hall–Kier alpha value is -3.95. The molecule has 4 atom stereocenters. The van der Waals surface area contributed by atoms with Crippen LogP contribution in [0.15, 0.2) is 4.99 Å². The molecule has 0 aromatic rings. The van der Waals surface area contributed by atoms with E-state index in [4.69, 9.17) is 22.3 Å². The summed E-state index contributed by atoms with van der Waals surface area (Å²) in [6.07, 6.45) is -0.527. The first-order chi connectivity index (χ1) is 16.8. The summed E-state index contributed by atoms with van der Waals surface area (Å²) in [4.78, 5) is 76.6. The quantitative estimate of drug-likeness (QED) is 0.0606. The monoisotopic (exact) mass is 515 g/mol. The van der Waals surface area contributed by atoms with Gasteiger partial charge in [0.1, 0.15) is 18.1 Å². The molecular formula is C20H33N7O9. The third kappa shape index (κ3) is 10.1. The Labute approximate surface area is 206 Å². The number of likely N-dealkylation sites (tertiary alicyclic amines) is 1. The van der Waals surface area contributed by atoms with Crippen molar-refractivity contribution in [2.45, 2.75) is 69.1 Å². The smallest absolute Gasteiger partial charge is 0.326 e. The molecule has 1 saturated heterocycles. The number of hydrogen-bond acceptors (Lipinski definition) is 8. The van der Waals surface area contributed by atoms with Gasteiger partial charge in [-0.15, -0.1) is 0 Å². The third-order valence-corrected chi connectivity index (χ3v) is 5.40. The van der Waals surface area contributed by atoms with Crippen molar-refractivity contribution in [1.29, 1.82) is 0 Å². The molecule has 3 amide bonds. The Morgan fingerprint density at radius 2 is 1.64 bits per heavy atom. The number of hydrogen-bond donors (Lipinski definition) is 8. The van der Waals surface area contributed by atoms with Gasteiger partial charge in [0.05, 0.1) is 12.5 Å². The van der Waals surface area contributed by atoms with Crippen LogP contribution in [0.3, 0.4) is 0 Å². The third-order valence-electron chi connectivity index (χ3n) is 5.40. The van der Waals surface area contributed by atoms with Crippen molar-refractivity contribution in [3.05, 3.63) is 0 Å². The van der Waals surface area contributed by atoms with E-state index in [-0.39, 0.29) is 51.2 Å². The fourth-order valence-electron chi connectivity index (χ4n) is 3.60. The van der Waals surface area contributed by atoms with Crippen LogP contribution in [0.2, 0.25) is 0 Å². The highest BCUT2D eigenvalue weighted by Crippen LogP contribution is 2.19. The van der Waals surface area contributed by atoms with E-state index in [1.54, 1.807) is 0 Å². The lowest BCUT2D eigenvalue weighted by molar-refractivity contribution is -0.145. The van der Waals surface area contributed by atoms with E-state index < -0.39 is 66.2 Å². The van der Waals surface area contributed by atoms with Crippen LogP contribution < -0.4 is 27.8 Å². The molecule has 11 N–H and O–H groups in total. The highest BCUT2D eigenvalue weighted by atomic mass is 16.4. The lowest BCUT2D eigenvalue weighted by Crippen LogP contribution is -2.57. The molecule has 4 unspecified atom stereocenters. The summed E-state index contributed by atoms with van der Waals surface area (Å²) in [7, 11) is 0. The number of amides is 3. The van der Waals surface area contributed by atoms with Crippen molar-refractivity contribution in [3.63, 3.8) is 0 Å². The summed E-state index contributed by atoms with van der Waals surface area (Å²) in [5, 5.41) is 31.8. The summed E-state index contributed by atoms with van der Waals surface area (Å²) >= 11 is 0. The van der Waals surface area contributed by atoms with Gasteiger partial charge in [-0.3, -0.25) is 29.0 Å². The van der Waals surface area contributed by atoms with Gasteiger partial charge in [-0.1, -0.05) is 0 Å². The maximum atomic E-state index is 12.9. The predicted molar refractivity (Wildman–Crippen MR) is 123 cm³/mol. The second-order valence-electron chi connectivity index (χ2n) is 8.24. The lowest BCUT2D eigenvalue weighted by atomic mass is 10.1. The molecule has 0 aliphatic carbocycles. The molecule has 1 aliphatic heterocycles. The number of carboxylic acid groups (broad SMARTS) is 3. The lowest BCUT2D eigenvalue weighted by Gasteiger charge is -2.28. The van der Waals surface area contributed by atoms with E-state index in [1.807, 2.05) is 0 Å². The number of carbonyl (C=O) groups excluding carboxylic acids is 3. The fraction of sp³-hybridized carbons (Fsp3) is 0.650. The number of rotatable bonds is 15. The average Bonchev–Trinajstić information content (AvgIpc) is 3.27. The first-order valence-electron chi connectivity index (χ1n) is 11.2. The molecule has 0 radical (unpaired) electrons. The summed E-state index contributed by atoms with van der Waals surface area (Å²) < 4.78 is 0. The number of nitrogens with zero attached hydrogens (tertiary/aromatic N) is 2. The van der Waals surface area contributed by atoms with Crippen LogP contribution in [0, 0.1) is 0 Å². The highest BCUT2D eigenvalue weighted by Gasteiger charge is 2.38. The van der Waals surface area contributed by atoms with Crippen molar-refractivity contribution in [3.8, 4) is 0 Å². The number of nitrogens with one attached hydrogen (secondary N) is 2. The molecule has 36 heavy (non-hydrogen) atoms. The van der Waals surface area contributed by atoms with Gasteiger partial charge in [0.2, 0.25) is 17.7 Å². The van der Waals surface area contributed by atoms with Gasteiger partial charge in [-0.05, 0) is 32.1 Å². The second-order valence-corrected chi connectivity index (χ2v) is 8.24. The van der Waals surface area contributed by atoms with Crippen LogP contribution in [-0.2, 0) is 28.8 Å². The Bertz CT molecular complexity index is 876. The number of aliphatic carboxylic acids is 3. The van der Waals surface area contributed by atoms with Gasteiger partial charge in [0, 0.05) is 19.5 Å². The first kappa shape index (κ1) is 30.1. The summed E-state index contributed by atoms with van der Waals surface area (Å²) in [5.74, 6) is -6.60.